The van der Waals surface area contributed by atoms with E-state index in [4.69, 9.17) is 0 Å². The normalized spacial score (nSPS) is 16.4. The van der Waals surface area contributed by atoms with Crippen LogP contribution in [0.25, 0.3) is 38.6 Å². The second-order valence-corrected chi connectivity index (χ2v) is 14.2. The largest absolute Gasteiger partial charge is 0.313 e. The van der Waals surface area contributed by atoms with Crippen LogP contribution in [0.5, 0.6) is 0 Å². The zero-order valence-corrected chi connectivity index (χ0v) is 27.3. The van der Waals surface area contributed by atoms with Gasteiger partial charge in [0.05, 0.1) is 27.7 Å². The van der Waals surface area contributed by atoms with Gasteiger partial charge in [0.2, 0.25) is 0 Å². The molecule has 0 bridgehead atoms. The smallest absolute Gasteiger partial charge is 0.301 e. The van der Waals surface area contributed by atoms with Crippen molar-refractivity contribution in [1.82, 2.24) is 4.57 Å². The molecule has 0 amide bonds. The van der Waals surface area contributed by atoms with Gasteiger partial charge in [-0.05, 0) is 97.8 Å². The van der Waals surface area contributed by atoms with Gasteiger partial charge in [-0.15, -0.1) is 0 Å². The summed E-state index contributed by atoms with van der Waals surface area (Å²) in [5, 5.41) is 3.20. The summed E-state index contributed by atoms with van der Waals surface area (Å²) in [6, 6.07) is 51.9. The maximum Gasteiger partial charge on any atom is 0.301 e. The molecule has 8 rings (SSSR count). The van der Waals surface area contributed by atoms with Crippen molar-refractivity contribution in [2.24, 2.45) is 0 Å². The SMILES string of the molecule is C/C=C\C=C(/C)n1c2ccccc2c2cc(-c3ccc4c(c3)N(c3ccccc3)P(=O)(c3ccccc3)N4c3ccccc3)ccc21. The third-order valence-electron chi connectivity index (χ3n) is 8.96. The van der Waals surface area contributed by atoms with Gasteiger partial charge in [-0.3, -0.25) is 13.9 Å². The summed E-state index contributed by atoms with van der Waals surface area (Å²) in [6.45, 7) is 4.19. The number of hydrogen-bond donors (Lipinski definition) is 0. The van der Waals surface area contributed by atoms with Gasteiger partial charge in [0.1, 0.15) is 0 Å². The highest BCUT2D eigenvalue weighted by Gasteiger charge is 2.49. The first-order valence-corrected chi connectivity index (χ1v) is 17.6. The van der Waals surface area contributed by atoms with E-state index in [0.717, 1.165) is 44.9 Å². The molecule has 2 heterocycles. The van der Waals surface area contributed by atoms with Gasteiger partial charge in [-0.1, -0.05) is 97.1 Å². The van der Waals surface area contributed by atoms with Crippen LogP contribution in [0.4, 0.5) is 22.7 Å². The van der Waals surface area contributed by atoms with E-state index in [1.807, 2.05) is 103 Å². The highest BCUT2D eigenvalue weighted by Crippen LogP contribution is 2.70. The third kappa shape index (κ3) is 4.64. The highest BCUT2D eigenvalue weighted by atomic mass is 31.2. The second kappa shape index (κ2) is 11.7. The van der Waals surface area contributed by atoms with Crippen LogP contribution < -0.4 is 14.6 Å². The van der Waals surface area contributed by atoms with Gasteiger partial charge in [-0.25, -0.2) is 0 Å². The lowest BCUT2D eigenvalue weighted by molar-refractivity contribution is 0.582. The molecule has 0 saturated carbocycles. The molecule has 0 aliphatic carbocycles. The molecular weight excluding hydrogens is 593 g/mol. The van der Waals surface area contributed by atoms with Crippen LogP contribution >= 0.6 is 7.44 Å². The molecule has 1 aliphatic rings. The predicted molar refractivity (Wildman–Crippen MR) is 200 cm³/mol. The minimum absolute atomic E-state index is 0.779. The molecule has 7 aromatic rings. The summed E-state index contributed by atoms with van der Waals surface area (Å²) >= 11 is 0. The molecule has 228 valence electrons. The molecule has 47 heavy (non-hydrogen) atoms. The van der Waals surface area contributed by atoms with Crippen molar-refractivity contribution in [2.75, 3.05) is 9.34 Å². The summed E-state index contributed by atoms with van der Waals surface area (Å²) in [5.74, 6) is 0. The van der Waals surface area contributed by atoms with E-state index in [9.17, 15) is 0 Å². The number of hydrogen-bond acceptors (Lipinski definition) is 1. The maximum atomic E-state index is 15.9. The van der Waals surface area contributed by atoms with Gasteiger partial charge < -0.3 is 4.57 Å². The van der Waals surface area contributed by atoms with Crippen LogP contribution in [0, 0.1) is 0 Å². The number of benzene rings is 6. The molecule has 4 nitrogen and oxygen atoms in total. The first kappa shape index (κ1) is 28.9. The quantitative estimate of drug-likeness (QED) is 0.136. The average molecular weight is 628 g/mol. The monoisotopic (exact) mass is 627 g/mol. The summed E-state index contributed by atoms with van der Waals surface area (Å²) in [4.78, 5) is 0. The Kier molecular flexibility index (Phi) is 7.16. The fourth-order valence-electron chi connectivity index (χ4n) is 6.86. The molecule has 0 spiro atoms. The van der Waals surface area contributed by atoms with Crippen molar-refractivity contribution in [3.05, 3.63) is 170 Å². The van der Waals surface area contributed by atoms with Crippen molar-refractivity contribution < 1.29 is 4.57 Å². The lowest BCUT2D eigenvalue weighted by Gasteiger charge is -2.33. The van der Waals surface area contributed by atoms with Gasteiger partial charge in [0.15, 0.2) is 0 Å². The van der Waals surface area contributed by atoms with Crippen molar-refractivity contribution in [2.45, 2.75) is 13.8 Å². The van der Waals surface area contributed by atoms with Crippen LogP contribution in [0.15, 0.2) is 170 Å². The number of allylic oxidation sites excluding steroid dienone is 4. The van der Waals surface area contributed by atoms with Crippen molar-refractivity contribution in [3.63, 3.8) is 0 Å². The molecular formula is C42H34N3OP. The van der Waals surface area contributed by atoms with Gasteiger partial charge in [0, 0.05) is 27.8 Å². The Morgan fingerprint density at radius 2 is 1.13 bits per heavy atom. The van der Waals surface area contributed by atoms with Crippen molar-refractivity contribution >= 4 is 63.0 Å². The van der Waals surface area contributed by atoms with Gasteiger partial charge in [-0.2, -0.15) is 0 Å². The van der Waals surface area contributed by atoms with E-state index >= 15 is 4.57 Å². The van der Waals surface area contributed by atoms with E-state index in [0.29, 0.717) is 0 Å². The fraction of sp³-hybridized carbons (Fsp3) is 0.0476. The van der Waals surface area contributed by atoms with E-state index in [1.165, 1.54) is 21.8 Å². The van der Waals surface area contributed by atoms with Crippen LogP contribution in [0.2, 0.25) is 0 Å². The third-order valence-corrected chi connectivity index (χ3v) is 11.9. The standard InChI is InChI=1S/C42H34N3OP/c1-3-4-16-31(2)43-39-24-15-14-23-37(39)38-29-32(25-27-40(38)43)33-26-28-41-42(30-33)45(35-19-10-6-11-20-35)47(46,36-21-12-7-13-22-36)44(41)34-17-8-5-9-18-34/h3-30H,1-2H3/b4-3-,31-16+. The minimum atomic E-state index is -3.42. The number of aromatic nitrogens is 1. The molecule has 1 atom stereocenters. The van der Waals surface area contributed by atoms with E-state index in [2.05, 4.69) is 95.1 Å². The Balaban J connectivity index is 1.36. The maximum absolute atomic E-state index is 15.9. The Morgan fingerprint density at radius 3 is 1.81 bits per heavy atom. The Morgan fingerprint density at radius 1 is 0.574 bits per heavy atom. The van der Waals surface area contributed by atoms with Crippen molar-refractivity contribution in [1.29, 1.82) is 0 Å². The summed E-state index contributed by atoms with van der Waals surface area (Å²) in [6.07, 6.45) is 6.29. The zero-order chi connectivity index (χ0) is 32.0. The summed E-state index contributed by atoms with van der Waals surface area (Å²) < 4.78 is 22.3. The zero-order valence-electron chi connectivity index (χ0n) is 26.4. The molecule has 1 aliphatic heterocycles. The first-order valence-electron chi connectivity index (χ1n) is 15.9. The van der Waals surface area contributed by atoms with Crippen LogP contribution in [0.3, 0.4) is 0 Å². The Hall–Kier alpha value is -5.57. The van der Waals surface area contributed by atoms with E-state index < -0.39 is 7.44 Å². The molecule has 1 aromatic heterocycles. The number of anilines is 4. The average Bonchev–Trinajstić information content (AvgIpc) is 3.60. The molecule has 6 aromatic carbocycles. The summed E-state index contributed by atoms with van der Waals surface area (Å²) in [7, 11) is -3.42. The van der Waals surface area contributed by atoms with Gasteiger partial charge in [0.25, 0.3) is 0 Å². The van der Waals surface area contributed by atoms with Crippen LogP contribution in [-0.4, -0.2) is 4.57 Å². The first-order chi connectivity index (χ1) is 23.1. The van der Waals surface area contributed by atoms with E-state index in [1.54, 1.807) is 0 Å². The second-order valence-electron chi connectivity index (χ2n) is 11.8. The Bertz CT molecular complexity index is 2360. The van der Waals surface area contributed by atoms with Gasteiger partial charge >= 0.3 is 7.44 Å². The summed E-state index contributed by atoms with van der Waals surface area (Å²) in [5.41, 5.74) is 9.30. The lowest BCUT2D eigenvalue weighted by atomic mass is 10.0. The molecule has 0 N–H and O–H groups in total. The van der Waals surface area contributed by atoms with E-state index in [-0.39, 0.29) is 0 Å². The number of rotatable bonds is 6. The Labute approximate surface area is 275 Å². The highest BCUT2D eigenvalue weighted by molar-refractivity contribution is 7.76. The number of fused-ring (bicyclic) bond motifs is 4. The van der Waals surface area contributed by atoms with Crippen LogP contribution in [0.1, 0.15) is 13.8 Å². The molecule has 0 fully saturated rings. The number of para-hydroxylation sites is 3. The molecule has 0 radical (unpaired) electrons. The topological polar surface area (TPSA) is 28.5 Å². The molecule has 5 heteroatoms. The fourth-order valence-corrected chi connectivity index (χ4v) is 9.87. The van der Waals surface area contributed by atoms with Crippen molar-refractivity contribution in [3.8, 4) is 11.1 Å². The predicted octanol–water partition coefficient (Wildman–Crippen LogP) is 11.7. The minimum Gasteiger partial charge on any atom is -0.313 e. The molecule has 1 unspecified atom stereocenters. The lowest BCUT2D eigenvalue weighted by Crippen LogP contribution is -2.26. The molecule has 0 saturated heterocycles. The van der Waals surface area contributed by atoms with Crippen LogP contribution in [-0.2, 0) is 4.57 Å². The number of nitrogens with zero attached hydrogens (tertiary/aromatic N) is 3.